The van der Waals surface area contributed by atoms with Crippen molar-refractivity contribution in [2.75, 3.05) is 5.32 Å². The van der Waals surface area contributed by atoms with Crippen LogP contribution in [0.25, 0.3) is 0 Å². The second kappa shape index (κ2) is 6.11. The number of nitrogens with one attached hydrogen (secondary N) is 1. The molecule has 8 heteroatoms. The van der Waals surface area contributed by atoms with Crippen LogP contribution >= 0.6 is 23.2 Å². The molecule has 0 aliphatic heterocycles. The number of nitrogens with zero attached hydrogens (tertiary/aromatic N) is 2. The Balaban J connectivity index is 2.18. The van der Waals surface area contributed by atoms with Crippen LogP contribution < -0.4 is 5.32 Å². The summed E-state index contributed by atoms with van der Waals surface area (Å²) >= 11 is 11.5. The van der Waals surface area contributed by atoms with Gasteiger partial charge < -0.3 is 5.32 Å². The van der Waals surface area contributed by atoms with E-state index >= 15 is 0 Å². The van der Waals surface area contributed by atoms with Gasteiger partial charge in [-0.15, -0.1) is 0 Å². The molecule has 0 bridgehead atoms. The first-order valence-corrected chi connectivity index (χ1v) is 6.13. The van der Waals surface area contributed by atoms with Crippen molar-refractivity contribution in [3.63, 3.8) is 0 Å². The normalized spacial score (nSPS) is 10.4. The second-order valence-corrected chi connectivity index (χ2v) is 4.47. The molecule has 104 valence electrons. The molecule has 0 atom stereocenters. The van der Waals surface area contributed by atoms with Crippen molar-refractivity contribution in [2.24, 2.45) is 0 Å². The number of hydrogen-bond acceptors (Lipinski definition) is 3. The van der Waals surface area contributed by atoms with Gasteiger partial charge in [-0.2, -0.15) is 0 Å². The standard InChI is InChI=1S/C12H7Cl2F2N3O/c13-11-10(12(14)18-5-17-11)19-9(20)4-6-7(15)2-1-3-8(6)16/h1-3,5H,4H2,(H,19,20). The van der Waals surface area contributed by atoms with E-state index in [-0.39, 0.29) is 21.6 Å². The Morgan fingerprint density at radius 2 is 1.70 bits per heavy atom. The average Bonchev–Trinajstić information content (AvgIpc) is 2.39. The lowest BCUT2D eigenvalue weighted by molar-refractivity contribution is -0.115. The third-order valence-electron chi connectivity index (χ3n) is 2.42. The zero-order valence-electron chi connectivity index (χ0n) is 9.83. The lowest BCUT2D eigenvalue weighted by Gasteiger charge is -2.08. The van der Waals surface area contributed by atoms with Crippen LogP contribution in [0.4, 0.5) is 14.5 Å². The molecular weight excluding hydrogens is 311 g/mol. The van der Waals surface area contributed by atoms with Crippen LogP contribution in [0.15, 0.2) is 24.5 Å². The molecule has 1 amide bonds. The maximum atomic E-state index is 13.4. The predicted molar refractivity (Wildman–Crippen MR) is 70.7 cm³/mol. The summed E-state index contributed by atoms with van der Waals surface area (Å²) < 4.78 is 26.8. The van der Waals surface area contributed by atoms with Crippen LogP contribution in [0, 0.1) is 11.6 Å². The second-order valence-electron chi connectivity index (χ2n) is 3.76. The van der Waals surface area contributed by atoms with E-state index in [1.807, 2.05) is 0 Å². The minimum Gasteiger partial charge on any atom is -0.321 e. The molecule has 0 radical (unpaired) electrons. The van der Waals surface area contributed by atoms with Gasteiger partial charge in [-0.25, -0.2) is 18.7 Å². The van der Waals surface area contributed by atoms with Crippen molar-refractivity contribution in [2.45, 2.75) is 6.42 Å². The fraction of sp³-hybridized carbons (Fsp3) is 0.0833. The molecule has 0 unspecified atom stereocenters. The third kappa shape index (κ3) is 3.20. The van der Waals surface area contributed by atoms with Gasteiger partial charge in [0.25, 0.3) is 0 Å². The minimum atomic E-state index is -0.804. The molecule has 1 heterocycles. The van der Waals surface area contributed by atoms with Crippen molar-refractivity contribution in [1.82, 2.24) is 9.97 Å². The van der Waals surface area contributed by atoms with E-state index in [9.17, 15) is 13.6 Å². The first kappa shape index (κ1) is 14.6. The highest BCUT2D eigenvalue weighted by Crippen LogP contribution is 2.26. The Bertz CT molecular complexity index is 571. The van der Waals surface area contributed by atoms with Gasteiger partial charge in [0.05, 0.1) is 6.42 Å². The molecule has 0 saturated carbocycles. The molecule has 2 rings (SSSR count). The summed E-state index contributed by atoms with van der Waals surface area (Å²) in [5.74, 6) is -2.30. The molecule has 2 aromatic rings. The SMILES string of the molecule is O=C(Cc1c(F)cccc1F)Nc1c(Cl)ncnc1Cl. The average molecular weight is 318 g/mol. The molecule has 0 aliphatic carbocycles. The highest BCUT2D eigenvalue weighted by molar-refractivity contribution is 6.38. The number of carbonyl (C=O) groups is 1. The van der Waals surface area contributed by atoms with E-state index in [1.165, 1.54) is 6.07 Å². The van der Waals surface area contributed by atoms with Crippen molar-refractivity contribution in [3.8, 4) is 0 Å². The zero-order chi connectivity index (χ0) is 14.7. The predicted octanol–water partition coefficient (Wildman–Crippen LogP) is 3.24. The van der Waals surface area contributed by atoms with Crippen LogP contribution in [0.5, 0.6) is 0 Å². The highest BCUT2D eigenvalue weighted by Gasteiger charge is 2.16. The van der Waals surface area contributed by atoms with Gasteiger partial charge in [-0.05, 0) is 12.1 Å². The largest absolute Gasteiger partial charge is 0.321 e. The van der Waals surface area contributed by atoms with E-state index in [0.717, 1.165) is 18.5 Å². The fourth-order valence-electron chi connectivity index (χ4n) is 1.49. The first-order valence-electron chi connectivity index (χ1n) is 5.37. The topological polar surface area (TPSA) is 54.9 Å². The fourth-order valence-corrected chi connectivity index (χ4v) is 1.90. The molecule has 0 spiro atoms. The summed E-state index contributed by atoms with van der Waals surface area (Å²) in [4.78, 5) is 19.1. The highest BCUT2D eigenvalue weighted by atomic mass is 35.5. The van der Waals surface area contributed by atoms with E-state index in [2.05, 4.69) is 15.3 Å². The number of halogens is 4. The minimum absolute atomic E-state index is 0.00224. The number of hydrogen-bond donors (Lipinski definition) is 1. The Kier molecular flexibility index (Phi) is 4.46. The molecular formula is C12H7Cl2F2N3O. The van der Waals surface area contributed by atoms with Crippen molar-refractivity contribution in [3.05, 3.63) is 52.0 Å². The molecule has 20 heavy (non-hydrogen) atoms. The zero-order valence-corrected chi connectivity index (χ0v) is 11.3. The monoisotopic (exact) mass is 317 g/mol. The number of rotatable bonds is 3. The third-order valence-corrected chi connectivity index (χ3v) is 2.99. The summed E-state index contributed by atoms with van der Waals surface area (Å²) in [6, 6.07) is 3.35. The van der Waals surface area contributed by atoms with Gasteiger partial charge in [0, 0.05) is 5.56 Å². The van der Waals surface area contributed by atoms with Crippen molar-refractivity contribution < 1.29 is 13.6 Å². The van der Waals surface area contributed by atoms with Gasteiger partial charge in [-0.3, -0.25) is 4.79 Å². The summed E-state index contributed by atoms with van der Waals surface area (Å²) in [6.45, 7) is 0. The maximum absolute atomic E-state index is 13.4. The number of aromatic nitrogens is 2. The molecule has 4 nitrogen and oxygen atoms in total. The van der Waals surface area contributed by atoms with Gasteiger partial charge in [0.1, 0.15) is 23.6 Å². The van der Waals surface area contributed by atoms with Gasteiger partial charge in [-0.1, -0.05) is 29.3 Å². The van der Waals surface area contributed by atoms with E-state index in [1.54, 1.807) is 0 Å². The molecule has 0 saturated heterocycles. The Morgan fingerprint density at radius 1 is 1.15 bits per heavy atom. The Morgan fingerprint density at radius 3 is 2.25 bits per heavy atom. The Labute approximate surface area is 122 Å². The van der Waals surface area contributed by atoms with Gasteiger partial charge in [0.15, 0.2) is 10.3 Å². The lowest BCUT2D eigenvalue weighted by Crippen LogP contribution is -2.17. The number of amides is 1. The summed E-state index contributed by atoms with van der Waals surface area (Å²) in [6.07, 6.45) is 0.622. The number of carbonyl (C=O) groups excluding carboxylic acids is 1. The van der Waals surface area contributed by atoms with E-state index < -0.39 is 24.0 Å². The molecule has 1 aromatic carbocycles. The smallest absolute Gasteiger partial charge is 0.229 e. The van der Waals surface area contributed by atoms with E-state index in [0.29, 0.717) is 0 Å². The first-order chi connectivity index (χ1) is 9.49. The van der Waals surface area contributed by atoms with Gasteiger partial charge in [0.2, 0.25) is 5.91 Å². The van der Waals surface area contributed by atoms with Crippen LogP contribution in [-0.4, -0.2) is 15.9 Å². The number of anilines is 1. The molecule has 0 fully saturated rings. The lowest BCUT2D eigenvalue weighted by atomic mass is 10.1. The van der Waals surface area contributed by atoms with Crippen LogP contribution in [0.3, 0.4) is 0 Å². The maximum Gasteiger partial charge on any atom is 0.229 e. The van der Waals surface area contributed by atoms with E-state index in [4.69, 9.17) is 23.2 Å². The van der Waals surface area contributed by atoms with Crippen LogP contribution in [0.1, 0.15) is 5.56 Å². The summed E-state index contributed by atoms with van der Waals surface area (Å²) in [5.41, 5.74) is -0.341. The molecule has 1 N–H and O–H groups in total. The van der Waals surface area contributed by atoms with Gasteiger partial charge >= 0.3 is 0 Å². The molecule has 1 aromatic heterocycles. The quantitative estimate of drug-likeness (QED) is 0.884. The van der Waals surface area contributed by atoms with Crippen molar-refractivity contribution >= 4 is 34.8 Å². The number of benzene rings is 1. The molecule has 0 aliphatic rings. The van der Waals surface area contributed by atoms with Crippen molar-refractivity contribution in [1.29, 1.82) is 0 Å². The van der Waals surface area contributed by atoms with Crippen LogP contribution in [-0.2, 0) is 11.2 Å². The van der Waals surface area contributed by atoms with Crippen LogP contribution in [0.2, 0.25) is 10.3 Å². The summed E-state index contributed by atoms with van der Waals surface area (Å²) in [5, 5.41) is 2.19. The Hall–Kier alpha value is -1.79. The summed E-state index contributed by atoms with van der Waals surface area (Å²) in [7, 11) is 0.